The van der Waals surface area contributed by atoms with Crippen LogP contribution in [0.1, 0.15) is 24.8 Å². The topological polar surface area (TPSA) is 73.6 Å². The molecule has 1 aromatic rings. The fourth-order valence-corrected chi connectivity index (χ4v) is 2.96. The lowest BCUT2D eigenvalue weighted by Crippen LogP contribution is -2.36. The van der Waals surface area contributed by atoms with E-state index in [0.29, 0.717) is 24.0 Å². The second kappa shape index (κ2) is 5.81. The summed E-state index contributed by atoms with van der Waals surface area (Å²) in [6.45, 7) is 0.743. The molecule has 108 valence electrons. The fraction of sp³-hybridized carbons (Fsp3) is 0.533. The van der Waals surface area contributed by atoms with Gasteiger partial charge >= 0.3 is 0 Å². The number of ether oxygens (including phenoxy) is 2. The summed E-state index contributed by atoms with van der Waals surface area (Å²) < 4.78 is 11.0. The number of benzene rings is 1. The predicted octanol–water partition coefficient (Wildman–Crippen LogP) is 0.960. The molecule has 20 heavy (non-hydrogen) atoms. The molecule has 2 heterocycles. The van der Waals surface area contributed by atoms with E-state index < -0.39 is 5.91 Å². The van der Waals surface area contributed by atoms with Crippen molar-refractivity contribution < 1.29 is 14.3 Å². The van der Waals surface area contributed by atoms with E-state index in [1.807, 2.05) is 24.3 Å². The summed E-state index contributed by atoms with van der Waals surface area (Å²) in [6.07, 6.45) is 4.40. The Morgan fingerprint density at radius 2 is 2.15 bits per heavy atom. The van der Waals surface area contributed by atoms with Gasteiger partial charge < -0.3 is 20.5 Å². The number of hydrogen-bond acceptors (Lipinski definition) is 4. The third kappa shape index (κ3) is 3.11. The molecule has 2 aliphatic rings. The van der Waals surface area contributed by atoms with Crippen molar-refractivity contribution in [3.63, 3.8) is 0 Å². The van der Waals surface area contributed by atoms with E-state index in [1.165, 1.54) is 18.4 Å². The number of primary amides is 1. The molecule has 0 saturated carbocycles. The van der Waals surface area contributed by atoms with E-state index in [-0.39, 0.29) is 6.61 Å². The monoisotopic (exact) mass is 276 g/mol. The van der Waals surface area contributed by atoms with Crippen molar-refractivity contribution in [1.82, 2.24) is 5.32 Å². The molecule has 1 amide bonds. The van der Waals surface area contributed by atoms with Crippen LogP contribution < -0.4 is 15.8 Å². The summed E-state index contributed by atoms with van der Waals surface area (Å²) in [7, 11) is 0. The summed E-state index contributed by atoms with van der Waals surface area (Å²) in [5, 5.41) is 3.56. The number of hydrogen-bond donors (Lipinski definition) is 2. The van der Waals surface area contributed by atoms with Gasteiger partial charge in [0.1, 0.15) is 5.75 Å². The Labute approximate surface area is 118 Å². The van der Waals surface area contributed by atoms with Gasteiger partial charge in [-0.25, -0.2) is 0 Å². The molecule has 3 N–H and O–H groups in total. The van der Waals surface area contributed by atoms with E-state index in [1.54, 1.807) is 0 Å². The van der Waals surface area contributed by atoms with Crippen molar-refractivity contribution in [1.29, 1.82) is 0 Å². The minimum atomic E-state index is -0.466. The summed E-state index contributed by atoms with van der Waals surface area (Å²) in [5.74, 6) is 0.197. The maximum atomic E-state index is 10.6. The lowest BCUT2D eigenvalue weighted by molar-refractivity contribution is -0.119. The molecular formula is C15H20N2O3. The van der Waals surface area contributed by atoms with Gasteiger partial charge in [0.15, 0.2) is 6.61 Å². The van der Waals surface area contributed by atoms with Crippen LogP contribution in [0.2, 0.25) is 0 Å². The Morgan fingerprint density at radius 1 is 1.35 bits per heavy atom. The zero-order valence-corrected chi connectivity index (χ0v) is 11.4. The summed E-state index contributed by atoms with van der Waals surface area (Å²) >= 11 is 0. The minimum absolute atomic E-state index is 0.0833. The third-order valence-electron chi connectivity index (χ3n) is 3.98. The van der Waals surface area contributed by atoms with Gasteiger partial charge in [0.25, 0.3) is 5.91 Å². The van der Waals surface area contributed by atoms with Gasteiger partial charge in [0, 0.05) is 12.6 Å². The molecule has 2 bridgehead atoms. The Kier molecular flexibility index (Phi) is 3.89. The van der Waals surface area contributed by atoms with Crippen molar-refractivity contribution in [3.8, 4) is 5.75 Å². The average Bonchev–Trinajstić information content (AvgIpc) is 3.06. The molecule has 0 aromatic heterocycles. The summed E-state index contributed by atoms with van der Waals surface area (Å²) in [6, 6.07) is 8.20. The van der Waals surface area contributed by atoms with Crippen LogP contribution in [0.15, 0.2) is 24.3 Å². The largest absolute Gasteiger partial charge is 0.484 e. The van der Waals surface area contributed by atoms with E-state index in [9.17, 15) is 4.79 Å². The van der Waals surface area contributed by atoms with E-state index in [2.05, 4.69) is 5.32 Å². The molecule has 0 aliphatic carbocycles. The SMILES string of the molecule is NC(=O)COc1ccc(CNC2CC3CCC2O3)cc1. The Balaban J connectivity index is 1.47. The second-order valence-corrected chi connectivity index (χ2v) is 5.50. The minimum Gasteiger partial charge on any atom is -0.484 e. The van der Waals surface area contributed by atoms with Crippen molar-refractivity contribution in [2.24, 2.45) is 5.73 Å². The third-order valence-corrected chi connectivity index (χ3v) is 3.98. The summed E-state index contributed by atoms with van der Waals surface area (Å²) in [4.78, 5) is 10.6. The predicted molar refractivity (Wildman–Crippen MR) is 74.3 cm³/mol. The van der Waals surface area contributed by atoms with Crippen LogP contribution in [0, 0.1) is 0 Å². The average molecular weight is 276 g/mol. The zero-order chi connectivity index (χ0) is 13.9. The van der Waals surface area contributed by atoms with Gasteiger partial charge in [-0.1, -0.05) is 12.1 Å². The first kappa shape index (κ1) is 13.4. The molecule has 2 aliphatic heterocycles. The first-order chi connectivity index (χ1) is 9.70. The van der Waals surface area contributed by atoms with Crippen LogP contribution in [0.5, 0.6) is 5.75 Å². The van der Waals surface area contributed by atoms with Crippen molar-refractivity contribution >= 4 is 5.91 Å². The smallest absolute Gasteiger partial charge is 0.255 e. The Morgan fingerprint density at radius 3 is 2.75 bits per heavy atom. The van der Waals surface area contributed by atoms with E-state index in [0.717, 1.165) is 13.0 Å². The van der Waals surface area contributed by atoms with Gasteiger partial charge in [0.05, 0.1) is 12.2 Å². The van der Waals surface area contributed by atoms with Crippen LogP contribution in [-0.4, -0.2) is 30.8 Å². The molecule has 0 radical (unpaired) electrons. The molecule has 0 spiro atoms. The lowest BCUT2D eigenvalue weighted by Gasteiger charge is -2.20. The number of nitrogens with two attached hydrogens (primary N) is 1. The van der Waals surface area contributed by atoms with Gasteiger partial charge in [-0.2, -0.15) is 0 Å². The van der Waals surface area contributed by atoms with Crippen LogP contribution in [-0.2, 0) is 16.1 Å². The quantitative estimate of drug-likeness (QED) is 0.811. The van der Waals surface area contributed by atoms with Crippen molar-refractivity contribution in [2.45, 2.75) is 44.1 Å². The van der Waals surface area contributed by atoms with Crippen LogP contribution in [0.25, 0.3) is 0 Å². The lowest BCUT2D eigenvalue weighted by atomic mass is 9.95. The molecule has 3 atom stereocenters. The highest BCUT2D eigenvalue weighted by molar-refractivity contribution is 5.75. The number of amides is 1. The van der Waals surface area contributed by atoms with E-state index in [4.69, 9.17) is 15.2 Å². The van der Waals surface area contributed by atoms with Gasteiger partial charge in [-0.15, -0.1) is 0 Å². The van der Waals surface area contributed by atoms with Crippen LogP contribution in [0.3, 0.4) is 0 Å². The highest BCUT2D eigenvalue weighted by Gasteiger charge is 2.40. The molecule has 1 aromatic carbocycles. The van der Waals surface area contributed by atoms with Gasteiger partial charge in [-0.3, -0.25) is 4.79 Å². The number of fused-ring (bicyclic) bond motifs is 2. The maximum Gasteiger partial charge on any atom is 0.255 e. The molecule has 5 nitrogen and oxygen atoms in total. The number of carbonyl (C=O) groups excluding carboxylic acids is 1. The highest BCUT2D eigenvalue weighted by Crippen LogP contribution is 2.34. The van der Waals surface area contributed by atoms with Crippen LogP contribution >= 0.6 is 0 Å². The summed E-state index contributed by atoms with van der Waals surface area (Å²) in [5.41, 5.74) is 6.23. The van der Waals surface area contributed by atoms with Gasteiger partial charge in [-0.05, 0) is 37.0 Å². The molecule has 2 saturated heterocycles. The van der Waals surface area contributed by atoms with E-state index >= 15 is 0 Å². The molecule has 3 unspecified atom stereocenters. The Hall–Kier alpha value is -1.59. The molecular weight excluding hydrogens is 256 g/mol. The van der Waals surface area contributed by atoms with Crippen LogP contribution in [0.4, 0.5) is 0 Å². The van der Waals surface area contributed by atoms with Crippen molar-refractivity contribution in [3.05, 3.63) is 29.8 Å². The molecule has 5 heteroatoms. The number of rotatable bonds is 6. The maximum absolute atomic E-state index is 10.6. The molecule has 3 rings (SSSR count). The fourth-order valence-electron chi connectivity index (χ4n) is 2.96. The Bertz CT molecular complexity index is 475. The first-order valence-corrected chi connectivity index (χ1v) is 7.09. The molecule has 2 fully saturated rings. The number of carbonyl (C=O) groups is 1. The van der Waals surface area contributed by atoms with Gasteiger partial charge in [0.2, 0.25) is 0 Å². The first-order valence-electron chi connectivity index (χ1n) is 7.09. The standard InChI is InChI=1S/C15H20N2O3/c16-15(18)9-19-11-3-1-10(2-4-11)8-17-13-7-12-5-6-14(13)20-12/h1-4,12-14,17H,5-9H2,(H2,16,18). The normalized spacial score (nSPS) is 27.7. The number of nitrogens with one attached hydrogen (secondary N) is 1. The zero-order valence-electron chi connectivity index (χ0n) is 11.4. The highest BCUT2D eigenvalue weighted by atomic mass is 16.5. The van der Waals surface area contributed by atoms with Crippen molar-refractivity contribution in [2.75, 3.05) is 6.61 Å². The second-order valence-electron chi connectivity index (χ2n) is 5.50.